The van der Waals surface area contributed by atoms with Gasteiger partial charge in [0.05, 0.1) is 21.5 Å². The molecule has 1 aliphatic rings. The van der Waals surface area contributed by atoms with Gasteiger partial charge in [-0.1, -0.05) is 29.3 Å². The molecule has 202 valence electrons. The Balaban J connectivity index is 1.96. The van der Waals surface area contributed by atoms with E-state index in [9.17, 15) is 18.0 Å². The highest BCUT2D eigenvalue weighted by molar-refractivity contribution is 7.92. The van der Waals surface area contributed by atoms with Crippen molar-refractivity contribution in [1.82, 2.24) is 10.2 Å². The number of nitrogens with zero attached hydrogens (tertiary/aromatic N) is 2. The molecule has 1 aliphatic heterocycles. The highest BCUT2D eigenvalue weighted by Crippen LogP contribution is 2.36. The molecule has 1 N–H and O–H groups in total. The van der Waals surface area contributed by atoms with Gasteiger partial charge in [-0.05, 0) is 64.4 Å². The second kappa shape index (κ2) is 11.4. The second-order valence-corrected chi connectivity index (χ2v) is 12.6. The number of carbonyl (C=O) groups is 2. The Kier molecular flexibility index (Phi) is 8.87. The molecular formula is C25H31Cl2N3O6S. The summed E-state index contributed by atoms with van der Waals surface area (Å²) in [5.41, 5.74) is 0.347. The Bertz CT molecular complexity index is 1280. The molecule has 0 fully saturated rings. The summed E-state index contributed by atoms with van der Waals surface area (Å²) in [7, 11) is -3.87. The predicted molar refractivity (Wildman–Crippen MR) is 144 cm³/mol. The number of ether oxygens (including phenoxy) is 2. The molecule has 1 heterocycles. The van der Waals surface area contributed by atoms with Crippen LogP contribution in [0.25, 0.3) is 0 Å². The number of hydrogen-bond donors (Lipinski definition) is 1. The lowest BCUT2D eigenvalue weighted by Crippen LogP contribution is -2.54. The van der Waals surface area contributed by atoms with Crippen LogP contribution in [0.1, 0.15) is 40.2 Å². The molecule has 3 rings (SSSR count). The molecule has 2 aromatic rings. The van der Waals surface area contributed by atoms with Crippen molar-refractivity contribution in [1.29, 1.82) is 0 Å². The third-order valence-corrected chi connectivity index (χ3v) is 8.11. The first kappa shape index (κ1) is 28.9. The molecule has 9 nitrogen and oxygen atoms in total. The number of fused-ring (bicyclic) bond motifs is 1. The van der Waals surface area contributed by atoms with E-state index in [0.29, 0.717) is 27.1 Å². The molecule has 0 aliphatic carbocycles. The van der Waals surface area contributed by atoms with Gasteiger partial charge in [0.25, 0.3) is 0 Å². The van der Waals surface area contributed by atoms with Crippen LogP contribution in [0.15, 0.2) is 36.4 Å². The van der Waals surface area contributed by atoms with E-state index in [0.717, 1.165) is 4.31 Å². The number of anilines is 1. The third-order valence-electron chi connectivity index (χ3n) is 5.63. The molecule has 0 aromatic heterocycles. The van der Waals surface area contributed by atoms with E-state index in [1.54, 1.807) is 37.3 Å². The van der Waals surface area contributed by atoms with Gasteiger partial charge in [-0.2, -0.15) is 0 Å². The molecule has 0 bridgehead atoms. The quantitative estimate of drug-likeness (QED) is 0.483. The number of hydrogen-bond acceptors (Lipinski definition) is 6. The fourth-order valence-electron chi connectivity index (χ4n) is 3.65. The van der Waals surface area contributed by atoms with Crippen molar-refractivity contribution in [2.75, 3.05) is 23.4 Å². The predicted octanol–water partition coefficient (Wildman–Crippen LogP) is 4.21. The zero-order valence-corrected chi connectivity index (χ0v) is 23.7. The van der Waals surface area contributed by atoms with Crippen LogP contribution < -0.4 is 19.1 Å². The van der Waals surface area contributed by atoms with Gasteiger partial charge in [-0.15, -0.1) is 0 Å². The van der Waals surface area contributed by atoms with E-state index < -0.39 is 34.1 Å². The summed E-state index contributed by atoms with van der Waals surface area (Å²) in [5.74, 6) is -0.322. The number of rotatable bonds is 9. The van der Waals surface area contributed by atoms with Crippen molar-refractivity contribution >= 4 is 50.7 Å². The van der Waals surface area contributed by atoms with Gasteiger partial charge in [-0.25, -0.2) is 8.42 Å². The Labute approximate surface area is 227 Å². The number of halogens is 2. The summed E-state index contributed by atoms with van der Waals surface area (Å²) >= 11 is 12.2. The molecule has 1 atom stereocenters. The van der Waals surface area contributed by atoms with Crippen molar-refractivity contribution < 1.29 is 27.5 Å². The fourth-order valence-corrected chi connectivity index (χ4v) is 5.03. The zero-order chi connectivity index (χ0) is 27.5. The molecule has 0 radical (unpaired) electrons. The first-order valence-corrected chi connectivity index (χ1v) is 14.0. The largest absolute Gasteiger partial charge is 0.454 e. The van der Waals surface area contributed by atoms with E-state index in [1.165, 1.54) is 17.9 Å². The minimum Gasteiger partial charge on any atom is -0.454 e. The first-order valence-electron chi connectivity index (χ1n) is 11.7. The smallest absolute Gasteiger partial charge is 0.244 e. The lowest BCUT2D eigenvalue weighted by atomic mass is 10.1. The number of nitrogens with one attached hydrogen (secondary N) is 1. The molecule has 0 saturated heterocycles. The lowest BCUT2D eigenvalue weighted by Gasteiger charge is -2.33. The lowest BCUT2D eigenvalue weighted by molar-refractivity contribution is -0.140. The average Bonchev–Trinajstić information content (AvgIpc) is 3.29. The number of sulfonamides is 1. The van der Waals surface area contributed by atoms with E-state index in [4.69, 9.17) is 32.7 Å². The molecule has 0 saturated carbocycles. The van der Waals surface area contributed by atoms with Crippen LogP contribution in [-0.4, -0.2) is 55.8 Å². The Morgan fingerprint density at radius 1 is 1.05 bits per heavy atom. The van der Waals surface area contributed by atoms with Crippen LogP contribution in [0.5, 0.6) is 11.5 Å². The number of carbonyl (C=O) groups excluding carboxylic acids is 2. The van der Waals surface area contributed by atoms with Crippen LogP contribution in [0, 0.1) is 0 Å². The van der Waals surface area contributed by atoms with Crippen LogP contribution in [0.2, 0.25) is 10.0 Å². The van der Waals surface area contributed by atoms with Gasteiger partial charge in [0.1, 0.15) is 12.6 Å². The fraction of sp³-hybridized carbons (Fsp3) is 0.440. The second-order valence-electron chi connectivity index (χ2n) is 9.63. The van der Waals surface area contributed by atoms with Crippen molar-refractivity contribution in [3.05, 3.63) is 52.0 Å². The molecule has 0 spiro atoms. The average molecular weight is 573 g/mol. The van der Waals surface area contributed by atoms with Crippen molar-refractivity contribution in [2.24, 2.45) is 0 Å². The first-order chi connectivity index (χ1) is 17.2. The maximum absolute atomic E-state index is 13.7. The van der Waals surface area contributed by atoms with E-state index in [1.807, 2.05) is 20.8 Å². The molecule has 1 unspecified atom stereocenters. The summed E-state index contributed by atoms with van der Waals surface area (Å²) in [6.07, 6.45) is 0. The maximum atomic E-state index is 13.7. The zero-order valence-electron chi connectivity index (χ0n) is 21.4. The van der Waals surface area contributed by atoms with Gasteiger partial charge in [-0.3, -0.25) is 13.9 Å². The van der Waals surface area contributed by atoms with Crippen molar-refractivity contribution in [3.8, 4) is 11.5 Å². The maximum Gasteiger partial charge on any atom is 0.244 e. The minimum absolute atomic E-state index is 0.00953. The van der Waals surface area contributed by atoms with Crippen molar-refractivity contribution in [3.63, 3.8) is 0 Å². The molecule has 2 amide bonds. The highest BCUT2D eigenvalue weighted by atomic mass is 35.5. The van der Waals surface area contributed by atoms with E-state index >= 15 is 0 Å². The summed E-state index contributed by atoms with van der Waals surface area (Å²) in [6.45, 7) is 8.09. The van der Waals surface area contributed by atoms with Crippen LogP contribution in [0.3, 0.4) is 0 Å². The highest BCUT2D eigenvalue weighted by Gasteiger charge is 2.32. The number of benzene rings is 2. The van der Waals surface area contributed by atoms with Crippen LogP contribution in [0.4, 0.5) is 5.69 Å². The van der Waals surface area contributed by atoms with Crippen LogP contribution >= 0.6 is 23.2 Å². The Hall–Kier alpha value is -2.69. The number of amides is 2. The SMILES string of the molecule is CCS(=O)(=O)N(CC(=O)N(Cc1ccc(Cl)c(Cl)c1)C(C)C(=O)NC(C)(C)C)c1ccc2c(c1)OCO2. The topological polar surface area (TPSA) is 105 Å². The van der Waals surface area contributed by atoms with E-state index in [2.05, 4.69) is 5.32 Å². The summed E-state index contributed by atoms with van der Waals surface area (Å²) < 4.78 is 37.8. The third kappa shape index (κ3) is 7.21. The van der Waals surface area contributed by atoms with Gasteiger partial charge in [0, 0.05) is 18.2 Å². The summed E-state index contributed by atoms with van der Waals surface area (Å²) in [6, 6.07) is 8.65. The van der Waals surface area contributed by atoms with Crippen LogP contribution in [-0.2, 0) is 26.2 Å². The standard InChI is InChI=1S/C25H31Cl2N3O6S/c1-6-37(33,34)30(18-8-10-21-22(12-18)36-15-35-21)14-23(31)29(16(2)24(32)28-25(3,4)5)13-17-7-9-19(26)20(27)11-17/h7-12,16H,6,13-15H2,1-5H3,(H,28,32). The van der Waals surface area contributed by atoms with Gasteiger partial charge >= 0.3 is 0 Å². The van der Waals surface area contributed by atoms with Gasteiger partial charge < -0.3 is 19.7 Å². The Morgan fingerprint density at radius 2 is 1.73 bits per heavy atom. The van der Waals surface area contributed by atoms with E-state index in [-0.39, 0.29) is 30.7 Å². The molecular weight excluding hydrogens is 541 g/mol. The Morgan fingerprint density at radius 3 is 2.35 bits per heavy atom. The van der Waals surface area contributed by atoms with Gasteiger partial charge in [0.2, 0.25) is 28.6 Å². The summed E-state index contributed by atoms with van der Waals surface area (Å²) in [5, 5.41) is 3.52. The monoisotopic (exact) mass is 571 g/mol. The molecule has 12 heteroatoms. The minimum atomic E-state index is -3.87. The van der Waals surface area contributed by atoms with Gasteiger partial charge in [0.15, 0.2) is 11.5 Å². The molecule has 37 heavy (non-hydrogen) atoms. The normalized spacial score (nSPS) is 13.7. The summed E-state index contributed by atoms with van der Waals surface area (Å²) in [4.78, 5) is 28.1. The van der Waals surface area contributed by atoms with Crippen molar-refractivity contribution in [2.45, 2.75) is 52.7 Å². The molecule has 2 aromatic carbocycles.